The molecule has 0 bridgehead atoms. The van der Waals surface area contributed by atoms with Crippen LogP contribution in [0, 0.1) is 12.7 Å². The van der Waals surface area contributed by atoms with Crippen LogP contribution in [-0.2, 0) is 16.1 Å². The van der Waals surface area contributed by atoms with Gasteiger partial charge in [0.05, 0.1) is 6.54 Å². The Morgan fingerprint density at radius 1 is 1.37 bits per heavy atom. The molecule has 19 heavy (non-hydrogen) atoms. The first kappa shape index (κ1) is 13.5. The largest absolute Gasteiger partial charge is 0.341 e. The number of nitrogens with zero attached hydrogens (tertiary/aromatic N) is 1. The fourth-order valence-corrected chi connectivity index (χ4v) is 2.25. The lowest BCUT2D eigenvalue weighted by Gasteiger charge is -2.37. The Morgan fingerprint density at radius 3 is 2.68 bits per heavy atom. The van der Waals surface area contributed by atoms with Crippen LogP contribution >= 0.6 is 0 Å². The van der Waals surface area contributed by atoms with E-state index < -0.39 is 5.54 Å². The third-order valence-electron chi connectivity index (χ3n) is 3.27. The second kappa shape index (κ2) is 4.64. The Balaban J connectivity index is 2.22. The smallest absolute Gasteiger partial charge is 0.248 e. The van der Waals surface area contributed by atoms with Crippen LogP contribution in [0.1, 0.15) is 25.0 Å². The standard InChI is InChI=1S/C14H17FN2O2/c1-9-6-11(15)5-4-10(9)7-17-8-12(18)16-14(2,3)13(17)19/h4-6H,7-8H2,1-3H3,(H,16,18). The summed E-state index contributed by atoms with van der Waals surface area (Å²) >= 11 is 0. The van der Waals surface area contributed by atoms with Gasteiger partial charge in [0, 0.05) is 6.54 Å². The van der Waals surface area contributed by atoms with Crippen LogP contribution in [0.4, 0.5) is 4.39 Å². The van der Waals surface area contributed by atoms with Gasteiger partial charge in [0.15, 0.2) is 0 Å². The third kappa shape index (κ3) is 2.75. The van der Waals surface area contributed by atoms with Crippen LogP contribution in [0.5, 0.6) is 0 Å². The Hall–Kier alpha value is -1.91. The predicted molar refractivity (Wildman–Crippen MR) is 68.8 cm³/mol. The van der Waals surface area contributed by atoms with Gasteiger partial charge in [-0.05, 0) is 44.0 Å². The van der Waals surface area contributed by atoms with Crippen molar-refractivity contribution < 1.29 is 14.0 Å². The summed E-state index contributed by atoms with van der Waals surface area (Å²) in [6.45, 7) is 5.51. The fourth-order valence-electron chi connectivity index (χ4n) is 2.25. The Labute approximate surface area is 111 Å². The monoisotopic (exact) mass is 264 g/mol. The summed E-state index contributed by atoms with van der Waals surface area (Å²) in [7, 11) is 0. The quantitative estimate of drug-likeness (QED) is 0.877. The number of carbonyl (C=O) groups excluding carboxylic acids is 2. The molecule has 1 aliphatic heterocycles. The Morgan fingerprint density at radius 2 is 2.05 bits per heavy atom. The zero-order valence-electron chi connectivity index (χ0n) is 11.3. The molecule has 4 nitrogen and oxygen atoms in total. The summed E-state index contributed by atoms with van der Waals surface area (Å²) in [5.41, 5.74) is 0.736. The van der Waals surface area contributed by atoms with Crippen LogP contribution in [0.15, 0.2) is 18.2 Å². The average molecular weight is 264 g/mol. The minimum atomic E-state index is -0.886. The number of rotatable bonds is 2. The Kier molecular flexibility index (Phi) is 3.30. The zero-order chi connectivity index (χ0) is 14.2. The van der Waals surface area contributed by atoms with Gasteiger partial charge in [0.25, 0.3) is 0 Å². The first-order chi connectivity index (χ1) is 8.79. The van der Waals surface area contributed by atoms with Gasteiger partial charge in [0.2, 0.25) is 11.8 Å². The molecule has 1 N–H and O–H groups in total. The number of hydrogen-bond acceptors (Lipinski definition) is 2. The van der Waals surface area contributed by atoms with Crippen molar-refractivity contribution in [3.63, 3.8) is 0 Å². The molecule has 5 heteroatoms. The summed E-state index contributed by atoms with van der Waals surface area (Å²) in [5, 5.41) is 2.65. The summed E-state index contributed by atoms with van der Waals surface area (Å²) in [5.74, 6) is -0.607. The van der Waals surface area contributed by atoms with E-state index in [4.69, 9.17) is 0 Å². The number of carbonyl (C=O) groups is 2. The van der Waals surface area contributed by atoms with Crippen molar-refractivity contribution in [2.24, 2.45) is 0 Å². The highest BCUT2D eigenvalue weighted by molar-refractivity contribution is 5.97. The molecule has 0 atom stereocenters. The van der Waals surface area contributed by atoms with E-state index in [0.29, 0.717) is 6.54 Å². The molecule has 0 aromatic heterocycles. The van der Waals surface area contributed by atoms with E-state index in [0.717, 1.165) is 11.1 Å². The van der Waals surface area contributed by atoms with E-state index in [1.54, 1.807) is 26.8 Å². The number of nitrogens with one attached hydrogen (secondary N) is 1. The molecule has 2 amide bonds. The lowest BCUT2D eigenvalue weighted by Crippen LogP contribution is -2.63. The summed E-state index contributed by atoms with van der Waals surface area (Å²) in [4.78, 5) is 25.3. The van der Waals surface area contributed by atoms with Crippen LogP contribution in [0.3, 0.4) is 0 Å². The maximum Gasteiger partial charge on any atom is 0.248 e. The van der Waals surface area contributed by atoms with Gasteiger partial charge in [-0.3, -0.25) is 9.59 Å². The van der Waals surface area contributed by atoms with E-state index in [2.05, 4.69) is 5.32 Å². The lowest BCUT2D eigenvalue weighted by molar-refractivity contribution is -0.148. The topological polar surface area (TPSA) is 49.4 Å². The van der Waals surface area contributed by atoms with Crippen molar-refractivity contribution in [3.05, 3.63) is 35.1 Å². The molecule has 102 valence electrons. The van der Waals surface area contributed by atoms with Crippen molar-refractivity contribution in [1.29, 1.82) is 0 Å². The number of aryl methyl sites for hydroxylation is 1. The maximum atomic E-state index is 13.0. The summed E-state index contributed by atoms with van der Waals surface area (Å²) < 4.78 is 13.0. The third-order valence-corrected chi connectivity index (χ3v) is 3.27. The van der Waals surface area contributed by atoms with E-state index >= 15 is 0 Å². The molecule has 0 radical (unpaired) electrons. The molecule has 0 saturated carbocycles. The van der Waals surface area contributed by atoms with Crippen LogP contribution in [0.25, 0.3) is 0 Å². The zero-order valence-corrected chi connectivity index (χ0v) is 11.3. The number of piperazine rings is 1. The minimum Gasteiger partial charge on any atom is -0.341 e. The maximum absolute atomic E-state index is 13.0. The highest BCUT2D eigenvalue weighted by Gasteiger charge is 2.38. The highest BCUT2D eigenvalue weighted by atomic mass is 19.1. The SMILES string of the molecule is Cc1cc(F)ccc1CN1CC(=O)NC(C)(C)C1=O. The molecule has 1 aliphatic rings. The molecule has 1 fully saturated rings. The normalized spacial score (nSPS) is 18.4. The van der Waals surface area contributed by atoms with Gasteiger partial charge in [-0.15, -0.1) is 0 Å². The van der Waals surface area contributed by atoms with E-state index in [9.17, 15) is 14.0 Å². The van der Waals surface area contributed by atoms with Crippen molar-refractivity contribution >= 4 is 11.8 Å². The van der Waals surface area contributed by atoms with Crippen LogP contribution in [0.2, 0.25) is 0 Å². The summed E-state index contributed by atoms with van der Waals surface area (Å²) in [6.07, 6.45) is 0. The second-order valence-electron chi connectivity index (χ2n) is 5.41. The second-order valence-corrected chi connectivity index (χ2v) is 5.41. The van der Waals surface area contributed by atoms with Crippen molar-refractivity contribution in [1.82, 2.24) is 10.2 Å². The fraction of sp³-hybridized carbons (Fsp3) is 0.429. The van der Waals surface area contributed by atoms with Gasteiger partial charge in [0.1, 0.15) is 11.4 Å². The highest BCUT2D eigenvalue weighted by Crippen LogP contribution is 2.18. The van der Waals surface area contributed by atoms with E-state index in [-0.39, 0.29) is 24.2 Å². The lowest BCUT2D eigenvalue weighted by atomic mass is 9.99. The molecule has 0 aliphatic carbocycles. The van der Waals surface area contributed by atoms with E-state index in [1.807, 2.05) is 0 Å². The molecule has 2 rings (SSSR count). The average Bonchev–Trinajstić information content (AvgIpc) is 2.28. The minimum absolute atomic E-state index is 0.0408. The molecular weight excluding hydrogens is 247 g/mol. The molecule has 0 unspecified atom stereocenters. The first-order valence-corrected chi connectivity index (χ1v) is 6.15. The molecule has 1 saturated heterocycles. The van der Waals surface area contributed by atoms with E-state index in [1.165, 1.54) is 17.0 Å². The molecule has 1 aromatic rings. The predicted octanol–water partition coefficient (Wildman–Crippen LogP) is 1.37. The molecule has 1 aromatic carbocycles. The van der Waals surface area contributed by atoms with Crippen molar-refractivity contribution in [2.45, 2.75) is 32.9 Å². The molecule has 0 spiro atoms. The van der Waals surface area contributed by atoms with Crippen LogP contribution in [-0.4, -0.2) is 28.8 Å². The first-order valence-electron chi connectivity index (χ1n) is 6.15. The Bertz CT molecular complexity index is 540. The van der Waals surface area contributed by atoms with Gasteiger partial charge in [-0.1, -0.05) is 6.07 Å². The van der Waals surface area contributed by atoms with Gasteiger partial charge in [-0.2, -0.15) is 0 Å². The van der Waals surface area contributed by atoms with Gasteiger partial charge >= 0.3 is 0 Å². The molecule has 1 heterocycles. The van der Waals surface area contributed by atoms with Crippen LogP contribution < -0.4 is 5.32 Å². The number of hydrogen-bond donors (Lipinski definition) is 1. The molecular formula is C14H17FN2O2. The summed E-state index contributed by atoms with van der Waals surface area (Å²) in [6, 6.07) is 4.44. The van der Waals surface area contributed by atoms with Gasteiger partial charge in [-0.25, -0.2) is 4.39 Å². The number of amides is 2. The van der Waals surface area contributed by atoms with Crippen molar-refractivity contribution in [3.8, 4) is 0 Å². The number of benzene rings is 1. The number of halogens is 1. The van der Waals surface area contributed by atoms with Gasteiger partial charge < -0.3 is 10.2 Å². The van der Waals surface area contributed by atoms with Crippen molar-refractivity contribution in [2.75, 3.05) is 6.54 Å².